The third kappa shape index (κ3) is 2.60. The fraction of sp³-hybridized carbons (Fsp3) is 0.200. The average Bonchev–Trinajstić information content (AvgIpc) is 2.09. The number of nitriles is 1. The molecule has 0 heterocycles. The number of nitrogens with zero attached hydrogens (tertiary/aromatic N) is 1. The number of aryl methyl sites for hydroxylation is 1. The Morgan fingerprint density at radius 3 is 2.85 bits per heavy atom. The molecule has 1 rings (SSSR count). The summed E-state index contributed by atoms with van der Waals surface area (Å²) in [5.41, 5.74) is 1.92. The Morgan fingerprint density at radius 2 is 2.23 bits per heavy atom. The van der Waals surface area contributed by atoms with Gasteiger partial charge in [0.2, 0.25) is 0 Å². The van der Waals surface area contributed by atoms with Gasteiger partial charge in [0.05, 0.1) is 6.42 Å². The molecule has 0 amide bonds. The number of benzene rings is 1. The quantitative estimate of drug-likeness (QED) is 0.506. The Bertz CT molecular complexity index is 352. The minimum atomic E-state index is -0.517. The fourth-order valence-corrected chi connectivity index (χ4v) is 1.05. The van der Waals surface area contributed by atoms with E-state index >= 15 is 0 Å². The van der Waals surface area contributed by atoms with Gasteiger partial charge < -0.3 is 4.74 Å². The van der Waals surface area contributed by atoms with Gasteiger partial charge in [0.1, 0.15) is 0 Å². The summed E-state index contributed by atoms with van der Waals surface area (Å²) in [6.07, 6.45) is 1.51. The lowest BCUT2D eigenvalue weighted by atomic mass is 10.1. The van der Waals surface area contributed by atoms with Gasteiger partial charge in [-0.05, 0) is 18.1 Å². The largest absolute Gasteiger partial charge is 0.351 e. The molecule has 0 unspecified atom stereocenters. The highest BCUT2D eigenvalue weighted by Crippen LogP contribution is 2.07. The third-order valence-corrected chi connectivity index (χ3v) is 1.76. The first-order valence-corrected chi connectivity index (χ1v) is 3.87. The smallest absolute Gasteiger partial charge is 0.326 e. The minimum Gasteiger partial charge on any atom is -0.351 e. The number of hydrogen-bond acceptors (Lipinski definition) is 3. The van der Waals surface area contributed by atoms with Crippen molar-refractivity contribution in [3.8, 4) is 6.26 Å². The zero-order chi connectivity index (χ0) is 9.68. The van der Waals surface area contributed by atoms with E-state index in [1.807, 2.05) is 31.2 Å². The molecule has 1 aromatic rings. The Kier molecular flexibility index (Phi) is 3.04. The lowest BCUT2D eigenvalue weighted by Gasteiger charge is -2.01. The molecular formula is C10H9NO2. The fourth-order valence-electron chi connectivity index (χ4n) is 1.05. The van der Waals surface area contributed by atoms with Gasteiger partial charge in [-0.3, -0.25) is 4.79 Å². The standard InChI is InChI=1S/C10H9NO2/c1-8-4-2-3-5-9(8)6-10(12)13-7-11/h2-5H,6H2,1H3. The normalized spacial score (nSPS) is 8.92. The highest BCUT2D eigenvalue weighted by Gasteiger charge is 2.05. The molecule has 66 valence electrons. The van der Waals surface area contributed by atoms with Gasteiger partial charge in [-0.2, -0.15) is 0 Å². The molecule has 0 aliphatic heterocycles. The van der Waals surface area contributed by atoms with E-state index in [1.165, 1.54) is 6.26 Å². The Hall–Kier alpha value is -1.82. The highest BCUT2D eigenvalue weighted by molar-refractivity contribution is 5.73. The molecule has 0 radical (unpaired) electrons. The number of ether oxygens (including phenoxy) is 1. The van der Waals surface area contributed by atoms with E-state index in [4.69, 9.17) is 5.26 Å². The Morgan fingerprint density at radius 1 is 1.54 bits per heavy atom. The molecule has 0 bridgehead atoms. The summed E-state index contributed by atoms with van der Waals surface area (Å²) < 4.78 is 4.17. The zero-order valence-electron chi connectivity index (χ0n) is 7.28. The van der Waals surface area contributed by atoms with Crippen molar-refractivity contribution in [3.63, 3.8) is 0 Å². The molecule has 0 saturated carbocycles. The second kappa shape index (κ2) is 4.27. The number of carbonyl (C=O) groups is 1. The topological polar surface area (TPSA) is 50.1 Å². The molecule has 13 heavy (non-hydrogen) atoms. The molecule has 0 aliphatic carbocycles. The van der Waals surface area contributed by atoms with Crippen molar-refractivity contribution >= 4 is 5.97 Å². The van der Waals surface area contributed by atoms with E-state index in [1.54, 1.807) is 0 Å². The van der Waals surface area contributed by atoms with Crippen LogP contribution in [-0.2, 0) is 16.0 Å². The molecular weight excluding hydrogens is 166 g/mol. The number of carbonyl (C=O) groups excluding carboxylic acids is 1. The van der Waals surface area contributed by atoms with Crippen molar-refractivity contribution in [2.24, 2.45) is 0 Å². The van der Waals surface area contributed by atoms with E-state index in [2.05, 4.69) is 4.74 Å². The number of hydrogen-bond donors (Lipinski definition) is 0. The summed E-state index contributed by atoms with van der Waals surface area (Å²) in [6.45, 7) is 1.91. The van der Waals surface area contributed by atoms with Crippen molar-refractivity contribution in [1.29, 1.82) is 5.26 Å². The first-order chi connectivity index (χ1) is 6.24. The van der Waals surface area contributed by atoms with Gasteiger partial charge in [0.15, 0.2) is 0 Å². The summed E-state index contributed by atoms with van der Waals surface area (Å²) >= 11 is 0. The molecule has 0 aromatic heterocycles. The van der Waals surface area contributed by atoms with Crippen LogP contribution in [0.3, 0.4) is 0 Å². The molecule has 0 fully saturated rings. The first-order valence-electron chi connectivity index (χ1n) is 3.87. The van der Waals surface area contributed by atoms with Gasteiger partial charge >= 0.3 is 5.97 Å². The van der Waals surface area contributed by atoms with Crippen LogP contribution in [0.1, 0.15) is 11.1 Å². The van der Waals surface area contributed by atoms with Crippen molar-refractivity contribution in [2.75, 3.05) is 0 Å². The first kappa shape index (κ1) is 9.27. The maximum Gasteiger partial charge on any atom is 0.326 e. The predicted molar refractivity (Wildman–Crippen MR) is 46.6 cm³/mol. The van der Waals surface area contributed by atoms with E-state index in [9.17, 15) is 4.79 Å². The maximum absolute atomic E-state index is 10.9. The zero-order valence-corrected chi connectivity index (χ0v) is 7.28. The summed E-state index contributed by atoms with van der Waals surface area (Å²) in [5.74, 6) is -0.517. The number of rotatable bonds is 2. The molecule has 3 nitrogen and oxygen atoms in total. The van der Waals surface area contributed by atoms with Crippen molar-refractivity contribution < 1.29 is 9.53 Å². The van der Waals surface area contributed by atoms with Crippen LogP contribution in [0.25, 0.3) is 0 Å². The molecule has 1 aromatic carbocycles. The molecule has 0 atom stereocenters. The summed E-state index contributed by atoms with van der Waals surface area (Å²) in [5, 5.41) is 8.09. The summed E-state index contributed by atoms with van der Waals surface area (Å²) in [7, 11) is 0. The SMILES string of the molecule is Cc1ccccc1CC(=O)OC#N. The molecule has 0 saturated heterocycles. The van der Waals surface area contributed by atoms with Gasteiger partial charge in [-0.15, -0.1) is 5.26 Å². The van der Waals surface area contributed by atoms with E-state index in [0.29, 0.717) is 0 Å². The second-order valence-electron chi connectivity index (χ2n) is 2.67. The molecule has 0 aliphatic rings. The molecule has 0 spiro atoms. The van der Waals surface area contributed by atoms with Gasteiger partial charge in [-0.1, -0.05) is 24.3 Å². The van der Waals surface area contributed by atoms with Crippen LogP contribution < -0.4 is 0 Å². The van der Waals surface area contributed by atoms with Crippen molar-refractivity contribution in [1.82, 2.24) is 0 Å². The van der Waals surface area contributed by atoms with Crippen LogP contribution in [-0.4, -0.2) is 5.97 Å². The van der Waals surface area contributed by atoms with Crippen LogP contribution >= 0.6 is 0 Å². The van der Waals surface area contributed by atoms with Crippen molar-refractivity contribution in [2.45, 2.75) is 13.3 Å². The van der Waals surface area contributed by atoms with E-state index < -0.39 is 5.97 Å². The lowest BCUT2D eigenvalue weighted by Crippen LogP contribution is -2.05. The summed E-state index contributed by atoms with van der Waals surface area (Å²) in [6, 6.07) is 7.50. The van der Waals surface area contributed by atoms with Crippen LogP contribution in [0.5, 0.6) is 0 Å². The van der Waals surface area contributed by atoms with Crippen LogP contribution in [0.2, 0.25) is 0 Å². The van der Waals surface area contributed by atoms with Crippen LogP contribution in [0.4, 0.5) is 0 Å². The second-order valence-corrected chi connectivity index (χ2v) is 2.67. The van der Waals surface area contributed by atoms with Crippen LogP contribution in [0, 0.1) is 18.4 Å². The van der Waals surface area contributed by atoms with Crippen molar-refractivity contribution in [3.05, 3.63) is 35.4 Å². The molecule has 3 heteroatoms. The lowest BCUT2D eigenvalue weighted by molar-refractivity contribution is -0.136. The average molecular weight is 175 g/mol. The summed E-state index contributed by atoms with van der Waals surface area (Å²) in [4.78, 5) is 10.9. The molecule has 0 N–H and O–H groups in total. The van der Waals surface area contributed by atoms with Gasteiger partial charge in [0, 0.05) is 0 Å². The monoisotopic (exact) mass is 175 g/mol. The third-order valence-electron chi connectivity index (χ3n) is 1.76. The van der Waals surface area contributed by atoms with Gasteiger partial charge in [0.25, 0.3) is 6.26 Å². The van der Waals surface area contributed by atoms with Crippen LogP contribution in [0.15, 0.2) is 24.3 Å². The van der Waals surface area contributed by atoms with E-state index in [0.717, 1.165) is 11.1 Å². The Balaban J connectivity index is 2.70. The van der Waals surface area contributed by atoms with E-state index in [-0.39, 0.29) is 6.42 Å². The Labute approximate surface area is 76.6 Å². The highest BCUT2D eigenvalue weighted by atomic mass is 16.5. The maximum atomic E-state index is 10.9. The minimum absolute atomic E-state index is 0.153. The van der Waals surface area contributed by atoms with Gasteiger partial charge in [-0.25, -0.2) is 0 Å². The number of esters is 1. The predicted octanol–water partition coefficient (Wildman–Crippen LogP) is 1.56.